The Kier molecular flexibility index (Phi) is 6.49. The molecule has 1 aliphatic heterocycles. The van der Waals surface area contributed by atoms with Crippen molar-refractivity contribution in [1.82, 2.24) is 4.57 Å². The van der Waals surface area contributed by atoms with Crippen LogP contribution in [0.5, 0.6) is 0 Å². The number of hydrogen-bond donors (Lipinski definition) is 0. The minimum Gasteiger partial charge on any atom is -0.463 e. The molecule has 0 bridgehead atoms. The molecule has 10 heteroatoms. The van der Waals surface area contributed by atoms with Crippen LogP contribution in [0.1, 0.15) is 36.6 Å². The number of aryl methyl sites for hydroxylation is 1. The molecule has 0 fully saturated rings. The summed E-state index contributed by atoms with van der Waals surface area (Å²) in [5.74, 6) is -0.621. The highest BCUT2D eigenvalue weighted by atomic mass is 35.5. The summed E-state index contributed by atoms with van der Waals surface area (Å²) < 4.78 is 7.06. The standard InChI is InChI=1S/C24H20ClN3O5S/c1-4-33-23(30)20-14(3)26-24-27(21(20)16-8-5-13(2)18(12-16)28(31)32)22(29)19(34-24)11-15-6-9-17(25)10-7-15/h5-12,21H,4H2,1-3H3/b19-11+/t21-/m0/s1. The van der Waals surface area contributed by atoms with Gasteiger partial charge in [-0.1, -0.05) is 47.2 Å². The van der Waals surface area contributed by atoms with Crippen molar-refractivity contribution >= 4 is 40.7 Å². The lowest BCUT2D eigenvalue weighted by Crippen LogP contribution is -2.40. The second kappa shape index (κ2) is 9.36. The number of carbonyl (C=O) groups excluding carboxylic acids is 1. The number of ether oxygens (including phenoxy) is 1. The van der Waals surface area contributed by atoms with E-state index in [9.17, 15) is 19.7 Å². The molecule has 8 nitrogen and oxygen atoms in total. The number of carbonyl (C=O) groups is 1. The van der Waals surface area contributed by atoms with Crippen LogP contribution in [0.2, 0.25) is 5.02 Å². The maximum absolute atomic E-state index is 13.5. The molecule has 0 saturated heterocycles. The molecule has 0 amide bonds. The number of nitro benzene ring substituents is 1. The summed E-state index contributed by atoms with van der Waals surface area (Å²) in [6, 6.07) is 10.8. The average molecular weight is 498 g/mol. The van der Waals surface area contributed by atoms with Gasteiger partial charge in [0.05, 0.1) is 33.4 Å². The third-order valence-electron chi connectivity index (χ3n) is 5.43. The molecule has 174 valence electrons. The number of allylic oxidation sites excluding steroid dienone is 1. The van der Waals surface area contributed by atoms with Gasteiger partial charge < -0.3 is 4.74 Å². The number of benzene rings is 2. The van der Waals surface area contributed by atoms with E-state index in [1.807, 2.05) is 0 Å². The van der Waals surface area contributed by atoms with E-state index < -0.39 is 16.9 Å². The van der Waals surface area contributed by atoms with Gasteiger partial charge in [0, 0.05) is 16.7 Å². The fraction of sp³-hybridized carbons (Fsp3) is 0.208. The molecule has 0 spiro atoms. The number of halogens is 1. The van der Waals surface area contributed by atoms with Crippen LogP contribution in [0.4, 0.5) is 5.69 Å². The molecule has 0 N–H and O–H groups in total. The molecule has 1 aromatic heterocycles. The molecular formula is C24H20ClN3O5S. The smallest absolute Gasteiger partial charge is 0.338 e. The molecule has 2 heterocycles. The molecule has 1 atom stereocenters. The Morgan fingerprint density at radius 2 is 1.97 bits per heavy atom. The minimum absolute atomic E-state index is 0.0985. The van der Waals surface area contributed by atoms with E-state index >= 15 is 0 Å². The predicted octanol–water partition coefficient (Wildman–Crippen LogP) is 3.67. The largest absolute Gasteiger partial charge is 0.463 e. The first-order valence-electron chi connectivity index (χ1n) is 10.4. The molecule has 34 heavy (non-hydrogen) atoms. The number of rotatable bonds is 5. The van der Waals surface area contributed by atoms with Crippen LogP contribution in [0.25, 0.3) is 6.08 Å². The van der Waals surface area contributed by atoms with Gasteiger partial charge in [-0.3, -0.25) is 19.5 Å². The summed E-state index contributed by atoms with van der Waals surface area (Å²) in [5, 5.41) is 12.2. The molecule has 1 aliphatic rings. The van der Waals surface area contributed by atoms with Crippen LogP contribution in [0, 0.1) is 17.0 Å². The van der Waals surface area contributed by atoms with Crippen molar-refractivity contribution in [3.63, 3.8) is 0 Å². The van der Waals surface area contributed by atoms with Gasteiger partial charge in [-0.05, 0) is 50.1 Å². The monoisotopic (exact) mass is 497 g/mol. The Balaban J connectivity index is 1.98. The Labute approximate surface area is 203 Å². The van der Waals surface area contributed by atoms with Gasteiger partial charge >= 0.3 is 5.97 Å². The van der Waals surface area contributed by atoms with E-state index in [1.54, 1.807) is 63.2 Å². The van der Waals surface area contributed by atoms with Gasteiger partial charge in [0.2, 0.25) is 0 Å². The normalized spacial score (nSPS) is 15.6. The lowest BCUT2D eigenvalue weighted by molar-refractivity contribution is -0.385. The van der Waals surface area contributed by atoms with E-state index in [0.717, 1.165) is 5.56 Å². The van der Waals surface area contributed by atoms with Crippen molar-refractivity contribution in [3.05, 3.63) is 105 Å². The van der Waals surface area contributed by atoms with Crippen LogP contribution in [0.15, 0.2) is 63.5 Å². The number of thiazole rings is 1. The summed E-state index contributed by atoms with van der Waals surface area (Å²) in [6.45, 7) is 5.11. The van der Waals surface area contributed by atoms with E-state index in [2.05, 4.69) is 4.99 Å². The van der Waals surface area contributed by atoms with E-state index in [1.165, 1.54) is 22.0 Å². The molecule has 3 aromatic rings. The number of esters is 1. The van der Waals surface area contributed by atoms with Crippen LogP contribution in [-0.4, -0.2) is 22.1 Å². The highest BCUT2D eigenvalue weighted by Gasteiger charge is 2.34. The van der Waals surface area contributed by atoms with Crippen molar-refractivity contribution in [2.45, 2.75) is 26.8 Å². The number of nitrogens with zero attached hydrogens (tertiary/aromatic N) is 3. The van der Waals surface area contributed by atoms with Gasteiger partial charge in [0.1, 0.15) is 0 Å². The fourth-order valence-electron chi connectivity index (χ4n) is 3.81. The maximum atomic E-state index is 13.5. The molecule has 0 saturated carbocycles. The Morgan fingerprint density at radius 3 is 2.62 bits per heavy atom. The lowest BCUT2D eigenvalue weighted by atomic mass is 9.94. The minimum atomic E-state index is -0.915. The Bertz CT molecular complexity index is 1520. The van der Waals surface area contributed by atoms with Gasteiger partial charge in [-0.2, -0.15) is 0 Å². The molecule has 4 rings (SSSR count). The summed E-state index contributed by atoms with van der Waals surface area (Å²) in [6.07, 6.45) is 1.72. The summed E-state index contributed by atoms with van der Waals surface area (Å²) in [4.78, 5) is 42.5. The Morgan fingerprint density at radius 1 is 1.26 bits per heavy atom. The van der Waals surface area contributed by atoms with Crippen LogP contribution >= 0.6 is 22.9 Å². The zero-order chi connectivity index (χ0) is 24.6. The van der Waals surface area contributed by atoms with Crippen molar-refractivity contribution in [3.8, 4) is 0 Å². The number of hydrogen-bond acceptors (Lipinski definition) is 7. The highest BCUT2D eigenvalue weighted by molar-refractivity contribution is 7.07. The SMILES string of the molecule is CCOC(=O)C1=C(C)N=c2s/c(=C/c3ccc(Cl)cc3)c(=O)n2[C@H]1c1ccc(C)c([N+](=O)[O-])c1. The fourth-order valence-corrected chi connectivity index (χ4v) is 4.98. The van der Waals surface area contributed by atoms with Crippen LogP contribution < -0.4 is 14.9 Å². The number of nitro groups is 1. The van der Waals surface area contributed by atoms with Gasteiger partial charge in [0.15, 0.2) is 4.80 Å². The number of fused-ring (bicyclic) bond motifs is 1. The third-order valence-corrected chi connectivity index (χ3v) is 6.67. The molecule has 0 aliphatic carbocycles. The van der Waals surface area contributed by atoms with Gasteiger partial charge in [-0.15, -0.1) is 0 Å². The van der Waals surface area contributed by atoms with Crippen molar-refractivity contribution in [2.24, 2.45) is 4.99 Å². The van der Waals surface area contributed by atoms with Gasteiger partial charge in [-0.25, -0.2) is 9.79 Å². The first-order chi connectivity index (χ1) is 16.2. The highest BCUT2D eigenvalue weighted by Crippen LogP contribution is 2.33. The van der Waals surface area contributed by atoms with E-state index in [0.29, 0.717) is 31.2 Å². The van der Waals surface area contributed by atoms with Crippen LogP contribution in [-0.2, 0) is 9.53 Å². The topological polar surface area (TPSA) is 104 Å². The molecule has 0 radical (unpaired) electrons. The van der Waals surface area contributed by atoms with E-state index in [-0.39, 0.29) is 23.4 Å². The zero-order valence-electron chi connectivity index (χ0n) is 18.6. The maximum Gasteiger partial charge on any atom is 0.338 e. The number of aromatic nitrogens is 1. The molecule has 2 aromatic carbocycles. The Hall–Kier alpha value is -3.56. The first kappa shape index (κ1) is 23.6. The average Bonchev–Trinajstić information content (AvgIpc) is 3.09. The lowest BCUT2D eigenvalue weighted by Gasteiger charge is -2.24. The van der Waals surface area contributed by atoms with Crippen molar-refractivity contribution < 1.29 is 14.5 Å². The molecule has 0 unspecified atom stereocenters. The zero-order valence-corrected chi connectivity index (χ0v) is 20.1. The van der Waals surface area contributed by atoms with Gasteiger partial charge in [0.25, 0.3) is 11.2 Å². The van der Waals surface area contributed by atoms with Crippen molar-refractivity contribution in [2.75, 3.05) is 6.61 Å². The summed E-state index contributed by atoms with van der Waals surface area (Å²) in [7, 11) is 0. The third kappa shape index (κ3) is 4.32. The summed E-state index contributed by atoms with van der Waals surface area (Å²) in [5.41, 5.74) is 1.78. The molecular weight excluding hydrogens is 478 g/mol. The van der Waals surface area contributed by atoms with Crippen LogP contribution in [0.3, 0.4) is 0 Å². The summed E-state index contributed by atoms with van der Waals surface area (Å²) >= 11 is 7.14. The second-order valence-corrected chi connectivity index (χ2v) is 9.10. The van der Waals surface area contributed by atoms with Crippen molar-refractivity contribution in [1.29, 1.82) is 0 Å². The van der Waals surface area contributed by atoms with E-state index in [4.69, 9.17) is 16.3 Å². The quantitative estimate of drug-likeness (QED) is 0.304. The first-order valence-corrected chi connectivity index (χ1v) is 11.6. The predicted molar refractivity (Wildman–Crippen MR) is 130 cm³/mol. The second-order valence-electron chi connectivity index (χ2n) is 7.66.